The highest BCUT2D eigenvalue weighted by atomic mass is 32.1. The van der Waals surface area contributed by atoms with Gasteiger partial charge in [0.2, 0.25) is 4.96 Å². The van der Waals surface area contributed by atoms with Gasteiger partial charge in [-0.25, -0.2) is 4.98 Å². The molecule has 0 unspecified atom stereocenters. The largest absolute Gasteiger partial charge is 0.361 e. The van der Waals surface area contributed by atoms with Gasteiger partial charge in [-0.05, 0) is 63.7 Å². The average Bonchev–Trinajstić information content (AvgIpc) is 3.31. The van der Waals surface area contributed by atoms with E-state index < -0.39 is 0 Å². The number of nitrogens with zero attached hydrogens (tertiary/aromatic N) is 4. The third kappa shape index (κ3) is 3.38. The van der Waals surface area contributed by atoms with E-state index in [1.807, 2.05) is 13.8 Å². The molecule has 4 aromatic rings. The number of H-pyrrole nitrogens is 1. The van der Waals surface area contributed by atoms with Gasteiger partial charge in [0.25, 0.3) is 5.56 Å². The van der Waals surface area contributed by atoms with E-state index in [1.54, 1.807) is 0 Å². The molecule has 1 N–H and O–H groups in total. The number of benzene rings is 1. The Kier molecular flexibility index (Phi) is 4.72. The normalized spacial score (nSPS) is 16.2. The summed E-state index contributed by atoms with van der Waals surface area (Å²) in [5, 5.41) is 6.54. The van der Waals surface area contributed by atoms with Gasteiger partial charge in [-0.2, -0.15) is 9.61 Å². The van der Waals surface area contributed by atoms with Crippen LogP contribution in [0.3, 0.4) is 0 Å². The SMILES string of the molecule is Cc1nn2c(=O)c(CCN3CCC(c4c[nH]c5ccccc45)CC3)c(C)nc2s1. The van der Waals surface area contributed by atoms with E-state index in [2.05, 4.69) is 50.4 Å². The number of aromatic nitrogens is 4. The van der Waals surface area contributed by atoms with Crippen LogP contribution in [0, 0.1) is 13.8 Å². The zero-order valence-corrected chi connectivity index (χ0v) is 17.6. The molecule has 3 aromatic heterocycles. The molecule has 0 spiro atoms. The molecular weight excluding hydrogens is 382 g/mol. The number of aromatic amines is 1. The predicted octanol–water partition coefficient (Wildman–Crippen LogP) is 3.67. The number of nitrogens with one attached hydrogen (secondary N) is 1. The van der Waals surface area contributed by atoms with Crippen LogP contribution in [0.1, 0.15) is 40.6 Å². The fraction of sp³-hybridized carbons (Fsp3) is 0.409. The molecule has 7 heteroatoms. The summed E-state index contributed by atoms with van der Waals surface area (Å²) in [5.74, 6) is 0.603. The van der Waals surface area contributed by atoms with Crippen molar-refractivity contribution < 1.29 is 0 Å². The molecule has 0 bridgehead atoms. The average molecular weight is 408 g/mol. The van der Waals surface area contributed by atoms with Crippen molar-refractivity contribution in [1.82, 2.24) is 24.5 Å². The van der Waals surface area contributed by atoms with Crippen LogP contribution < -0.4 is 5.56 Å². The Balaban J connectivity index is 1.26. The van der Waals surface area contributed by atoms with Crippen LogP contribution in [0.25, 0.3) is 15.9 Å². The lowest BCUT2D eigenvalue weighted by Gasteiger charge is -2.32. The van der Waals surface area contributed by atoms with E-state index in [9.17, 15) is 4.79 Å². The van der Waals surface area contributed by atoms with E-state index in [1.165, 1.54) is 32.3 Å². The van der Waals surface area contributed by atoms with E-state index >= 15 is 0 Å². The van der Waals surface area contributed by atoms with Gasteiger partial charge in [-0.15, -0.1) is 0 Å². The van der Waals surface area contributed by atoms with Crippen molar-refractivity contribution in [3.63, 3.8) is 0 Å². The molecule has 5 rings (SSSR count). The lowest BCUT2D eigenvalue weighted by molar-refractivity contribution is 0.215. The van der Waals surface area contributed by atoms with Gasteiger partial charge in [0, 0.05) is 34.9 Å². The minimum atomic E-state index is -0.00877. The van der Waals surface area contributed by atoms with Gasteiger partial charge in [0.05, 0.1) is 0 Å². The van der Waals surface area contributed by atoms with Gasteiger partial charge < -0.3 is 9.88 Å². The van der Waals surface area contributed by atoms with Crippen LogP contribution >= 0.6 is 11.3 Å². The molecule has 0 saturated carbocycles. The summed E-state index contributed by atoms with van der Waals surface area (Å²) in [4.78, 5) is 24.0. The smallest absolute Gasteiger partial charge is 0.278 e. The summed E-state index contributed by atoms with van der Waals surface area (Å²) in [6, 6.07) is 8.55. The molecule has 1 aromatic carbocycles. The number of para-hydroxylation sites is 1. The first-order valence-electron chi connectivity index (χ1n) is 10.2. The lowest BCUT2D eigenvalue weighted by atomic mass is 9.89. The Labute approximate surface area is 173 Å². The summed E-state index contributed by atoms with van der Waals surface area (Å²) in [6.07, 6.45) is 5.23. The first kappa shape index (κ1) is 18.5. The van der Waals surface area contributed by atoms with Gasteiger partial charge in [-0.3, -0.25) is 4.79 Å². The highest BCUT2D eigenvalue weighted by molar-refractivity contribution is 7.16. The summed E-state index contributed by atoms with van der Waals surface area (Å²) < 4.78 is 1.46. The van der Waals surface area contributed by atoms with Crippen molar-refractivity contribution in [1.29, 1.82) is 0 Å². The zero-order chi connectivity index (χ0) is 20.0. The minimum absolute atomic E-state index is 0.00877. The highest BCUT2D eigenvalue weighted by Crippen LogP contribution is 2.33. The molecule has 4 heterocycles. The summed E-state index contributed by atoms with van der Waals surface area (Å²) in [6.45, 7) is 6.88. The van der Waals surface area contributed by atoms with Crippen LogP contribution in [0.2, 0.25) is 0 Å². The molecule has 0 atom stereocenters. The number of aryl methyl sites for hydroxylation is 2. The second-order valence-electron chi connectivity index (χ2n) is 7.95. The number of piperidine rings is 1. The molecule has 1 aliphatic rings. The van der Waals surface area contributed by atoms with E-state index in [0.29, 0.717) is 10.9 Å². The van der Waals surface area contributed by atoms with E-state index in [4.69, 9.17) is 0 Å². The first-order valence-corrected chi connectivity index (χ1v) is 11.1. The molecule has 1 saturated heterocycles. The standard InChI is InChI=1S/C22H25N5OS/c1-14-17(21(28)27-22(24-14)29-15(2)25-27)9-12-26-10-7-16(8-11-26)19-13-23-20-6-4-3-5-18(19)20/h3-6,13,16,23H,7-12H2,1-2H3. The van der Waals surface area contributed by atoms with Crippen molar-refractivity contribution in [2.24, 2.45) is 0 Å². The maximum Gasteiger partial charge on any atom is 0.278 e. The van der Waals surface area contributed by atoms with Crippen molar-refractivity contribution in [2.45, 2.75) is 39.0 Å². The molecule has 0 radical (unpaired) electrons. The molecule has 150 valence electrons. The number of hydrogen-bond acceptors (Lipinski definition) is 5. The van der Waals surface area contributed by atoms with Crippen LogP contribution in [0.4, 0.5) is 0 Å². The monoisotopic (exact) mass is 407 g/mol. The van der Waals surface area contributed by atoms with Gasteiger partial charge >= 0.3 is 0 Å². The molecular formula is C22H25N5OS. The van der Waals surface area contributed by atoms with Crippen molar-refractivity contribution >= 4 is 27.2 Å². The van der Waals surface area contributed by atoms with Crippen molar-refractivity contribution in [2.75, 3.05) is 19.6 Å². The van der Waals surface area contributed by atoms with Gasteiger partial charge in [0.1, 0.15) is 5.01 Å². The maximum absolute atomic E-state index is 12.8. The number of rotatable bonds is 4. The minimum Gasteiger partial charge on any atom is -0.361 e. The zero-order valence-electron chi connectivity index (χ0n) is 16.8. The van der Waals surface area contributed by atoms with Crippen LogP contribution in [-0.2, 0) is 6.42 Å². The fourth-order valence-electron chi connectivity index (χ4n) is 4.53. The number of likely N-dealkylation sites (tertiary alicyclic amines) is 1. The lowest BCUT2D eigenvalue weighted by Crippen LogP contribution is -2.35. The third-order valence-corrected chi connectivity index (χ3v) is 6.96. The van der Waals surface area contributed by atoms with Crippen molar-refractivity contribution in [3.05, 3.63) is 62.6 Å². The Bertz CT molecular complexity index is 1230. The topological polar surface area (TPSA) is 66.3 Å². The Morgan fingerprint density at radius 3 is 2.83 bits per heavy atom. The quantitative estimate of drug-likeness (QED) is 0.561. The van der Waals surface area contributed by atoms with Crippen LogP contribution in [0.15, 0.2) is 35.3 Å². The number of hydrogen-bond donors (Lipinski definition) is 1. The third-order valence-electron chi connectivity index (χ3n) is 6.14. The Hall–Kier alpha value is -2.51. The molecule has 0 amide bonds. The second-order valence-corrected chi connectivity index (χ2v) is 9.11. The van der Waals surface area contributed by atoms with E-state index in [-0.39, 0.29) is 5.56 Å². The summed E-state index contributed by atoms with van der Waals surface area (Å²) >= 11 is 1.46. The number of fused-ring (bicyclic) bond motifs is 2. The summed E-state index contributed by atoms with van der Waals surface area (Å²) in [7, 11) is 0. The first-order chi connectivity index (χ1) is 14.1. The summed E-state index contributed by atoms with van der Waals surface area (Å²) in [5.41, 5.74) is 4.30. The van der Waals surface area contributed by atoms with Crippen molar-refractivity contribution in [3.8, 4) is 0 Å². The molecule has 1 aliphatic heterocycles. The Morgan fingerprint density at radius 2 is 2.00 bits per heavy atom. The second kappa shape index (κ2) is 7.39. The van der Waals surface area contributed by atoms with Gasteiger partial charge in [-0.1, -0.05) is 29.5 Å². The molecule has 29 heavy (non-hydrogen) atoms. The molecule has 0 aliphatic carbocycles. The molecule has 1 fully saturated rings. The predicted molar refractivity (Wildman–Crippen MR) is 117 cm³/mol. The molecule has 6 nitrogen and oxygen atoms in total. The highest BCUT2D eigenvalue weighted by Gasteiger charge is 2.23. The fourth-order valence-corrected chi connectivity index (χ4v) is 5.31. The van der Waals surface area contributed by atoms with E-state index in [0.717, 1.165) is 55.2 Å². The van der Waals surface area contributed by atoms with Crippen LogP contribution in [0.5, 0.6) is 0 Å². The van der Waals surface area contributed by atoms with Gasteiger partial charge in [0.15, 0.2) is 0 Å². The maximum atomic E-state index is 12.8. The Morgan fingerprint density at radius 1 is 1.21 bits per heavy atom. The van der Waals surface area contributed by atoms with Crippen LogP contribution in [-0.4, -0.2) is 44.1 Å².